The van der Waals surface area contributed by atoms with Gasteiger partial charge in [-0.3, -0.25) is 0 Å². The van der Waals surface area contributed by atoms with Crippen LogP contribution >= 0.6 is 15.9 Å². The molecule has 1 aromatic heterocycles. The Bertz CT molecular complexity index is 673. The number of halogens is 1. The van der Waals surface area contributed by atoms with Crippen molar-refractivity contribution in [3.8, 4) is 6.07 Å². The second-order valence-electron chi connectivity index (χ2n) is 3.91. The summed E-state index contributed by atoms with van der Waals surface area (Å²) in [6.45, 7) is 0.363. The zero-order valence-corrected chi connectivity index (χ0v) is 12.2. The van der Waals surface area contributed by atoms with Gasteiger partial charge in [-0.05, 0) is 30.3 Å². The number of nitrogens with one attached hydrogen (secondary N) is 1. The van der Waals surface area contributed by atoms with Crippen LogP contribution < -0.4 is 5.32 Å². The maximum absolute atomic E-state index is 11.3. The Labute approximate surface area is 124 Å². The SMILES string of the molecule is COC(=O)c1ccc(CNc2cc(Br)ccc2C#N)o1. The fourth-order valence-electron chi connectivity index (χ4n) is 1.63. The van der Waals surface area contributed by atoms with E-state index < -0.39 is 5.97 Å². The highest BCUT2D eigenvalue weighted by atomic mass is 79.9. The number of anilines is 1. The molecule has 5 nitrogen and oxygen atoms in total. The van der Waals surface area contributed by atoms with E-state index in [0.717, 1.165) is 4.47 Å². The number of hydrogen-bond acceptors (Lipinski definition) is 5. The van der Waals surface area contributed by atoms with Gasteiger partial charge < -0.3 is 14.5 Å². The first-order valence-corrected chi connectivity index (χ1v) is 6.54. The summed E-state index contributed by atoms with van der Waals surface area (Å²) in [6, 6.07) is 10.7. The number of furan rings is 1. The molecule has 20 heavy (non-hydrogen) atoms. The van der Waals surface area contributed by atoms with Crippen LogP contribution in [0.3, 0.4) is 0 Å². The Morgan fingerprint density at radius 2 is 2.25 bits per heavy atom. The molecule has 2 rings (SSSR count). The average molecular weight is 335 g/mol. The molecule has 0 atom stereocenters. The predicted octanol–water partition coefficient (Wildman–Crippen LogP) is 3.31. The zero-order valence-electron chi connectivity index (χ0n) is 10.6. The first-order valence-electron chi connectivity index (χ1n) is 5.74. The molecule has 0 bridgehead atoms. The van der Waals surface area contributed by atoms with E-state index in [2.05, 4.69) is 32.1 Å². The molecule has 0 radical (unpaired) electrons. The number of carbonyl (C=O) groups excluding carboxylic acids is 1. The van der Waals surface area contributed by atoms with Crippen LogP contribution in [0.25, 0.3) is 0 Å². The molecule has 6 heteroatoms. The van der Waals surface area contributed by atoms with Gasteiger partial charge in [-0.2, -0.15) is 5.26 Å². The molecule has 0 saturated heterocycles. The standard InChI is InChI=1S/C14H11BrN2O3/c1-19-14(18)13-5-4-11(20-13)8-17-12-6-10(15)3-2-9(12)7-16/h2-6,17H,8H2,1H3. The molecular formula is C14H11BrN2O3. The van der Waals surface area contributed by atoms with Gasteiger partial charge in [-0.15, -0.1) is 0 Å². The van der Waals surface area contributed by atoms with Crippen LogP contribution in [0.2, 0.25) is 0 Å². The van der Waals surface area contributed by atoms with Crippen LogP contribution in [0.15, 0.2) is 39.2 Å². The monoisotopic (exact) mass is 334 g/mol. The summed E-state index contributed by atoms with van der Waals surface area (Å²) in [7, 11) is 1.30. The Hall–Kier alpha value is -2.26. The van der Waals surface area contributed by atoms with Crippen LogP contribution in [0.5, 0.6) is 0 Å². The van der Waals surface area contributed by atoms with E-state index in [1.54, 1.807) is 24.3 Å². The molecule has 1 aromatic carbocycles. The topological polar surface area (TPSA) is 75.3 Å². The number of benzene rings is 1. The first kappa shape index (κ1) is 14.2. The van der Waals surface area contributed by atoms with E-state index in [1.807, 2.05) is 6.07 Å². The van der Waals surface area contributed by atoms with E-state index in [1.165, 1.54) is 7.11 Å². The summed E-state index contributed by atoms with van der Waals surface area (Å²) in [5.41, 5.74) is 1.23. The highest BCUT2D eigenvalue weighted by Crippen LogP contribution is 2.21. The van der Waals surface area contributed by atoms with Gasteiger partial charge >= 0.3 is 5.97 Å². The lowest BCUT2D eigenvalue weighted by Gasteiger charge is -2.07. The largest absolute Gasteiger partial charge is 0.463 e. The van der Waals surface area contributed by atoms with Crippen molar-refractivity contribution in [3.63, 3.8) is 0 Å². The van der Waals surface area contributed by atoms with Crippen molar-refractivity contribution in [1.29, 1.82) is 5.26 Å². The second-order valence-corrected chi connectivity index (χ2v) is 4.83. The van der Waals surface area contributed by atoms with Crippen LogP contribution in [-0.4, -0.2) is 13.1 Å². The van der Waals surface area contributed by atoms with E-state index in [4.69, 9.17) is 9.68 Å². The molecule has 0 aliphatic carbocycles. The summed E-state index contributed by atoms with van der Waals surface area (Å²) < 4.78 is 10.8. The number of ether oxygens (including phenoxy) is 1. The van der Waals surface area contributed by atoms with Crippen LogP contribution in [0.1, 0.15) is 21.9 Å². The van der Waals surface area contributed by atoms with Gasteiger partial charge in [0.15, 0.2) is 0 Å². The van der Waals surface area contributed by atoms with Crippen molar-refractivity contribution in [2.45, 2.75) is 6.54 Å². The van der Waals surface area contributed by atoms with Crippen LogP contribution in [0.4, 0.5) is 5.69 Å². The van der Waals surface area contributed by atoms with Gasteiger partial charge in [0.25, 0.3) is 0 Å². The van der Waals surface area contributed by atoms with Crippen molar-refractivity contribution >= 4 is 27.6 Å². The Morgan fingerprint density at radius 1 is 1.45 bits per heavy atom. The van der Waals surface area contributed by atoms with Crippen molar-refractivity contribution in [3.05, 3.63) is 51.9 Å². The molecule has 0 aliphatic rings. The summed E-state index contributed by atoms with van der Waals surface area (Å²) >= 11 is 3.35. The summed E-state index contributed by atoms with van der Waals surface area (Å²) in [5, 5.41) is 12.1. The molecule has 0 amide bonds. The smallest absolute Gasteiger partial charge is 0.373 e. The number of esters is 1. The fourth-order valence-corrected chi connectivity index (χ4v) is 1.99. The normalized spacial score (nSPS) is 9.85. The maximum atomic E-state index is 11.3. The highest BCUT2D eigenvalue weighted by Gasteiger charge is 2.11. The molecule has 0 saturated carbocycles. The molecule has 1 N–H and O–H groups in total. The maximum Gasteiger partial charge on any atom is 0.373 e. The molecule has 0 aliphatic heterocycles. The van der Waals surface area contributed by atoms with E-state index >= 15 is 0 Å². The Balaban J connectivity index is 2.09. The summed E-state index contributed by atoms with van der Waals surface area (Å²) in [5.74, 6) is 0.213. The van der Waals surface area contributed by atoms with E-state index in [9.17, 15) is 4.79 Å². The summed E-state index contributed by atoms with van der Waals surface area (Å²) in [6.07, 6.45) is 0. The minimum absolute atomic E-state index is 0.152. The second kappa shape index (κ2) is 6.26. The molecule has 0 spiro atoms. The lowest BCUT2D eigenvalue weighted by molar-refractivity contribution is 0.0563. The lowest BCUT2D eigenvalue weighted by atomic mass is 10.2. The van der Waals surface area contributed by atoms with Crippen molar-refractivity contribution in [1.82, 2.24) is 0 Å². The first-order chi connectivity index (χ1) is 9.63. The van der Waals surface area contributed by atoms with Gasteiger partial charge in [0.1, 0.15) is 11.8 Å². The van der Waals surface area contributed by atoms with Crippen molar-refractivity contribution in [2.75, 3.05) is 12.4 Å². The number of nitriles is 1. The molecule has 1 heterocycles. The van der Waals surface area contributed by atoms with E-state index in [-0.39, 0.29) is 5.76 Å². The van der Waals surface area contributed by atoms with Gasteiger partial charge in [-0.1, -0.05) is 15.9 Å². The number of nitrogens with zero attached hydrogens (tertiary/aromatic N) is 1. The molecule has 0 unspecified atom stereocenters. The van der Waals surface area contributed by atoms with Crippen molar-refractivity contribution < 1.29 is 13.9 Å². The van der Waals surface area contributed by atoms with Gasteiger partial charge in [0.2, 0.25) is 5.76 Å². The Kier molecular flexibility index (Phi) is 4.43. The lowest BCUT2D eigenvalue weighted by Crippen LogP contribution is -2.01. The van der Waals surface area contributed by atoms with Gasteiger partial charge in [-0.25, -0.2) is 4.79 Å². The third-order valence-corrected chi connectivity index (χ3v) is 3.10. The number of carbonyl (C=O) groups is 1. The fraction of sp³-hybridized carbons (Fsp3) is 0.143. The third kappa shape index (κ3) is 3.19. The average Bonchev–Trinajstić information content (AvgIpc) is 2.93. The summed E-state index contributed by atoms with van der Waals surface area (Å²) in [4.78, 5) is 11.3. The number of rotatable bonds is 4. The van der Waals surface area contributed by atoms with Crippen LogP contribution in [-0.2, 0) is 11.3 Å². The molecule has 0 fully saturated rings. The highest BCUT2D eigenvalue weighted by molar-refractivity contribution is 9.10. The minimum Gasteiger partial charge on any atom is -0.463 e. The van der Waals surface area contributed by atoms with Crippen LogP contribution in [0, 0.1) is 11.3 Å². The van der Waals surface area contributed by atoms with Gasteiger partial charge in [0.05, 0.1) is 24.9 Å². The van der Waals surface area contributed by atoms with Crippen molar-refractivity contribution in [2.24, 2.45) is 0 Å². The number of hydrogen-bond donors (Lipinski definition) is 1. The quantitative estimate of drug-likeness (QED) is 0.868. The van der Waals surface area contributed by atoms with Gasteiger partial charge in [0, 0.05) is 4.47 Å². The zero-order chi connectivity index (χ0) is 14.5. The molecule has 102 valence electrons. The molecular weight excluding hydrogens is 324 g/mol. The number of methoxy groups -OCH3 is 1. The third-order valence-electron chi connectivity index (χ3n) is 2.60. The van der Waals surface area contributed by atoms with E-state index in [0.29, 0.717) is 23.6 Å². The predicted molar refractivity (Wildman–Crippen MR) is 76.2 cm³/mol. The Morgan fingerprint density at radius 3 is 2.95 bits per heavy atom. The molecule has 2 aromatic rings. The minimum atomic E-state index is -0.517.